The van der Waals surface area contributed by atoms with E-state index >= 15 is 0 Å². The quantitative estimate of drug-likeness (QED) is 0.805. The summed E-state index contributed by atoms with van der Waals surface area (Å²) in [5.74, 6) is -0.333. The standard InChI is InChI=1S/C12H11F3N4O/c13-12(14,15)8-3-1-2-7(4-8)6-17-11(20)9-5-10(16)19-18-9/h1-5H,6H2,(H,17,20)(H3,16,18,19). The predicted octanol–water partition coefficient (Wildman–Crippen LogP) is 1.94. The highest BCUT2D eigenvalue weighted by Gasteiger charge is 2.30. The van der Waals surface area contributed by atoms with Crippen LogP contribution in [0, 0.1) is 0 Å². The molecule has 1 aromatic heterocycles. The minimum absolute atomic E-state index is 0.0261. The first-order valence-electron chi connectivity index (χ1n) is 5.61. The lowest BCUT2D eigenvalue weighted by atomic mass is 10.1. The number of anilines is 1. The molecule has 1 amide bonds. The minimum atomic E-state index is -4.40. The first kappa shape index (κ1) is 13.9. The Labute approximate surface area is 112 Å². The van der Waals surface area contributed by atoms with E-state index in [-0.39, 0.29) is 18.1 Å². The van der Waals surface area contributed by atoms with Gasteiger partial charge in [0.05, 0.1) is 5.56 Å². The Morgan fingerprint density at radius 2 is 2.10 bits per heavy atom. The number of carbonyl (C=O) groups is 1. The maximum atomic E-state index is 12.5. The molecule has 0 aliphatic carbocycles. The molecular weight excluding hydrogens is 273 g/mol. The summed E-state index contributed by atoms with van der Waals surface area (Å²) in [7, 11) is 0. The molecule has 0 bridgehead atoms. The third-order valence-electron chi connectivity index (χ3n) is 2.55. The second-order valence-corrected chi connectivity index (χ2v) is 4.09. The van der Waals surface area contributed by atoms with Crippen molar-refractivity contribution < 1.29 is 18.0 Å². The van der Waals surface area contributed by atoms with Gasteiger partial charge >= 0.3 is 6.18 Å². The number of nitrogens with two attached hydrogens (primary N) is 1. The topological polar surface area (TPSA) is 83.8 Å². The number of halogens is 3. The van der Waals surface area contributed by atoms with Crippen LogP contribution in [0.3, 0.4) is 0 Å². The van der Waals surface area contributed by atoms with Crippen molar-refractivity contribution in [2.24, 2.45) is 0 Å². The van der Waals surface area contributed by atoms with Crippen LogP contribution in [0.15, 0.2) is 30.3 Å². The second kappa shape index (κ2) is 5.24. The van der Waals surface area contributed by atoms with Crippen molar-refractivity contribution in [1.29, 1.82) is 0 Å². The lowest BCUT2D eigenvalue weighted by Gasteiger charge is -2.09. The largest absolute Gasteiger partial charge is 0.416 e. The number of amides is 1. The molecule has 1 heterocycles. The normalized spacial score (nSPS) is 11.3. The third kappa shape index (κ3) is 3.28. The van der Waals surface area contributed by atoms with Crippen LogP contribution in [-0.2, 0) is 12.7 Å². The fourth-order valence-electron chi connectivity index (χ4n) is 1.59. The zero-order valence-corrected chi connectivity index (χ0v) is 10.2. The fraction of sp³-hybridized carbons (Fsp3) is 0.167. The van der Waals surface area contributed by atoms with Gasteiger partial charge in [-0.15, -0.1) is 0 Å². The molecule has 0 saturated heterocycles. The number of hydrogen-bond donors (Lipinski definition) is 3. The Morgan fingerprint density at radius 3 is 2.70 bits per heavy atom. The zero-order valence-electron chi connectivity index (χ0n) is 10.2. The van der Waals surface area contributed by atoms with Crippen molar-refractivity contribution in [2.75, 3.05) is 5.73 Å². The van der Waals surface area contributed by atoms with E-state index in [9.17, 15) is 18.0 Å². The molecule has 0 unspecified atom stereocenters. The molecule has 106 valence electrons. The lowest BCUT2D eigenvalue weighted by Crippen LogP contribution is -2.23. The van der Waals surface area contributed by atoms with Gasteiger partial charge < -0.3 is 11.1 Å². The molecule has 1 aromatic carbocycles. The molecule has 8 heteroatoms. The zero-order chi connectivity index (χ0) is 14.8. The van der Waals surface area contributed by atoms with Gasteiger partial charge in [0, 0.05) is 12.6 Å². The summed E-state index contributed by atoms with van der Waals surface area (Å²) < 4.78 is 37.6. The Hall–Kier alpha value is -2.51. The molecule has 0 atom stereocenters. The number of H-pyrrole nitrogens is 1. The van der Waals surface area contributed by atoms with Gasteiger partial charge in [0.15, 0.2) is 0 Å². The van der Waals surface area contributed by atoms with E-state index in [2.05, 4.69) is 15.5 Å². The summed E-state index contributed by atoms with van der Waals surface area (Å²) in [6.07, 6.45) is -4.40. The van der Waals surface area contributed by atoms with Crippen LogP contribution in [0.25, 0.3) is 0 Å². The summed E-state index contributed by atoms with van der Waals surface area (Å²) >= 11 is 0. The molecule has 2 rings (SSSR count). The van der Waals surface area contributed by atoms with Gasteiger partial charge in [0.25, 0.3) is 5.91 Å². The van der Waals surface area contributed by atoms with Crippen molar-refractivity contribution in [3.63, 3.8) is 0 Å². The van der Waals surface area contributed by atoms with Crippen molar-refractivity contribution in [3.05, 3.63) is 47.2 Å². The Morgan fingerprint density at radius 1 is 1.35 bits per heavy atom. The van der Waals surface area contributed by atoms with Crippen LogP contribution in [0.1, 0.15) is 21.6 Å². The monoisotopic (exact) mass is 284 g/mol. The smallest absolute Gasteiger partial charge is 0.382 e. The highest BCUT2D eigenvalue weighted by Crippen LogP contribution is 2.29. The van der Waals surface area contributed by atoms with Crippen molar-refractivity contribution in [2.45, 2.75) is 12.7 Å². The maximum absolute atomic E-state index is 12.5. The molecule has 0 aliphatic heterocycles. The molecule has 0 fully saturated rings. The number of alkyl halides is 3. The number of carbonyl (C=O) groups excluding carboxylic acids is 1. The van der Waals surface area contributed by atoms with Crippen LogP contribution in [-0.4, -0.2) is 16.1 Å². The number of nitrogens with one attached hydrogen (secondary N) is 2. The van der Waals surface area contributed by atoms with Crippen LogP contribution >= 0.6 is 0 Å². The number of aromatic nitrogens is 2. The maximum Gasteiger partial charge on any atom is 0.416 e. The molecule has 5 nitrogen and oxygen atoms in total. The molecule has 0 radical (unpaired) electrons. The summed E-state index contributed by atoms with van der Waals surface area (Å²) in [5, 5.41) is 8.47. The number of hydrogen-bond acceptors (Lipinski definition) is 3. The van der Waals surface area contributed by atoms with E-state index in [0.717, 1.165) is 12.1 Å². The van der Waals surface area contributed by atoms with Crippen LogP contribution in [0.4, 0.5) is 19.0 Å². The van der Waals surface area contributed by atoms with Gasteiger partial charge in [-0.1, -0.05) is 12.1 Å². The van der Waals surface area contributed by atoms with E-state index in [1.807, 2.05) is 0 Å². The molecule has 4 N–H and O–H groups in total. The second-order valence-electron chi connectivity index (χ2n) is 4.09. The minimum Gasteiger partial charge on any atom is -0.382 e. The van der Waals surface area contributed by atoms with E-state index in [1.54, 1.807) is 0 Å². The Balaban J connectivity index is 2.02. The molecule has 0 aliphatic rings. The van der Waals surface area contributed by atoms with Crippen molar-refractivity contribution in [1.82, 2.24) is 15.5 Å². The van der Waals surface area contributed by atoms with Gasteiger partial charge in [-0.05, 0) is 17.7 Å². The molecule has 2 aromatic rings. The number of rotatable bonds is 3. The number of nitrogens with zero attached hydrogens (tertiary/aromatic N) is 1. The summed E-state index contributed by atoms with van der Waals surface area (Å²) in [6.45, 7) is -0.0261. The average molecular weight is 284 g/mol. The Kier molecular flexibility index (Phi) is 3.64. The average Bonchev–Trinajstić information content (AvgIpc) is 2.82. The molecule has 0 spiro atoms. The number of nitrogen functional groups attached to an aromatic ring is 1. The first-order valence-corrected chi connectivity index (χ1v) is 5.61. The lowest BCUT2D eigenvalue weighted by molar-refractivity contribution is -0.137. The van der Waals surface area contributed by atoms with Crippen molar-refractivity contribution in [3.8, 4) is 0 Å². The van der Waals surface area contributed by atoms with Gasteiger partial charge in [-0.2, -0.15) is 18.3 Å². The first-order chi connectivity index (χ1) is 9.36. The summed E-state index contributed by atoms with van der Waals surface area (Å²) in [5.41, 5.74) is 5.08. The third-order valence-corrected chi connectivity index (χ3v) is 2.55. The Bertz CT molecular complexity index is 621. The highest BCUT2D eigenvalue weighted by molar-refractivity contribution is 5.92. The van der Waals surface area contributed by atoms with Gasteiger partial charge in [-0.25, -0.2) is 0 Å². The molecule has 0 saturated carbocycles. The van der Waals surface area contributed by atoms with Crippen molar-refractivity contribution >= 4 is 11.7 Å². The van der Waals surface area contributed by atoms with Gasteiger partial charge in [-0.3, -0.25) is 9.89 Å². The van der Waals surface area contributed by atoms with E-state index in [4.69, 9.17) is 5.73 Å². The summed E-state index contributed by atoms with van der Waals surface area (Å²) in [6, 6.07) is 6.08. The van der Waals surface area contributed by atoms with E-state index in [0.29, 0.717) is 5.56 Å². The number of benzene rings is 1. The van der Waals surface area contributed by atoms with Crippen LogP contribution < -0.4 is 11.1 Å². The van der Waals surface area contributed by atoms with E-state index < -0.39 is 17.6 Å². The van der Waals surface area contributed by atoms with Gasteiger partial charge in [0.1, 0.15) is 11.5 Å². The highest BCUT2D eigenvalue weighted by atomic mass is 19.4. The van der Waals surface area contributed by atoms with Crippen LogP contribution in [0.5, 0.6) is 0 Å². The number of aromatic amines is 1. The molecule has 20 heavy (non-hydrogen) atoms. The molecular formula is C12H11F3N4O. The fourth-order valence-corrected chi connectivity index (χ4v) is 1.59. The van der Waals surface area contributed by atoms with E-state index in [1.165, 1.54) is 18.2 Å². The SMILES string of the molecule is Nc1cc(C(=O)NCc2cccc(C(F)(F)F)c2)[nH]n1. The predicted molar refractivity (Wildman–Crippen MR) is 65.6 cm³/mol. The summed E-state index contributed by atoms with van der Waals surface area (Å²) in [4.78, 5) is 11.7. The van der Waals surface area contributed by atoms with Gasteiger partial charge in [0.2, 0.25) is 0 Å². The van der Waals surface area contributed by atoms with Crippen LogP contribution in [0.2, 0.25) is 0 Å².